The fourth-order valence-electron chi connectivity index (χ4n) is 4.53. The van der Waals surface area contributed by atoms with E-state index in [0.29, 0.717) is 24.5 Å². The van der Waals surface area contributed by atoms with E-state index < -0.39 is 0 Å². The zero-order chi connectivity index (χ0) is 16.4. The van der Waals surface area contributed by atoms with Gasteiger partial charge in [-0.15, -0.1) is 0 Å². The van der Waals surface area contributed by atoms with Crippen molar-refractivity contribution in [3.05, 3.63) is 28.3 Å². The van der Waals surface area contributed by atoms with Crippen LogP contribution in [0.3, 0.4) is 0 Å². The normalized spacial score (nSPS) is 26.4. The predicted octanol–water partition coefficient (Wildman–Crippen LogP) is 2.91. The minimum absolute atomic E-state index is 0.264. The molecule has 2 saturated carbocycles. The van der Waals surface area contributed by atoms with Gasteiger partial charge < -0.3 is 14.3 Å². The lowest BCUT2D eigenvalue weighted by Crippen LogP contribution is -2.64. The first-order valence-corrected chi connectivity index (χ1v) is 8.69. The van der Waals surface area contributed by atoms with Crippen molar-refractivity contribution in [1.82, 2.24) is 4.90 Å². The van der Waals surface area contributed by atoms with Crippen molar-refractivity contribution in [2.75, 3.05) is 13.7 Å². The van der Waals surface area contributed by atoms with E-state index in [1.807, 2.05) is 0 Å². The van der Waals surface area contributed by atoms with Gasteiger partial charge in [0.15, 0.2) is 5.75 Å². The maximum absolute atomic E-state index is 11.6. The van der Waals surface area contributed by atoms with E-state index in [0.717, 1.165) is 19.3 Å². The fraction of sp³-hybridized carbons (Fsp3) is 0.722. The van der Waals surface area contributed by atoms with Crippen LogP contribution in [0, 0.1) is 5.41 Å². The Morgan fingerprint density at radius 1 is 1.39 bits per heavy atom. The highest BCUT2D eigenvalue weighted by Gasteiger charge is 2.56. The van der Waals surface area contributed by atoms with Crippen LogP contribution in [0.25, 0.3) is 0 Å². The molecule has 2 aliphatic carbocycles. The van der Waals surface area contributed by atoms with Gasteiger partial charge >= 0.3 is 0 Å². The summed E-state index contributed by atoms with van der Waals surface area (Å²) < 4.78 is 11.4. The van der Waals surface area contributed by atoms with Crippen LogP contribution >= 0.6 is 0 Å². The van der Waals surface area contributed by atoms with E-state index >= 15 is 0 Å². The summed E-state index contributed by atoms with van der Waals surface area (Å²) in [6, 6.07) is 1.86. The average molecular weight is 321 g/mol. The number of ether oxygens (including phenoxy) is 1. The van der Waals surface area contributed by atoms with Crippen molar-refractivity contribution in [1.29, 1.82) is 0 Å². The number of hydrogen-bond donors (Lipinski definition) is 1. The topological polar surface area (TPSA) is 62.9 Å². The van der Waals surface area contributed by atoms with E-state index in [1.165, 1.54) is 38.2 Å². The second-order valence-electron chi connectivity index (χ2n) is 7.00. The molecule has 0 saturated heterocycles. The molecular weight excluding hydrogens is 294 g/mol. The highest BCUT2D eigenvalue weighted by molar-refractivity contribution is 5.16. The molecule has 5 heteroatoms. The molecule has 2 aliphatic rings. The van der Waals surface area contributed by atoms with E-state index in [4.69, 9.17) is 9.15 Å². The summed E-state index contributed by atoms with van der Waals surface area (Å²) in [6.45, 7) is 3.43. The van der Waals surface area contributed by atoms with Crippen LogP contribution < -0.4 is 5.43 Å². The van der Waals surface area contributed by atoms with Gasteiger partial charge in [-0.3, -0.25) is 9.69 Å². The van der Waals surface area contributed by atoms with Gasteiger partial charge in [0.05, 0.1) is 12.6 Å². The zero-order valence-electron chi connectivity index (χ0n) is 14.1. The van der Waals surface area contributed by atoms with Gasteiger partial charge in [-0.25, -0.2) is 0 Å². The van der Waals surface area contributed by atoms with Crippen LogP contribution in [0.5, 0.6) is 5.75 Å². The molecule has 2 fully saturated rings. The molecular formula is C18H27NO4. The lowest BCUT2D eigenvalue weighted by atomic mass is 9.54. The quantitative estimate of drug-likeness (QED) is 0.903. The zero-order valence-corrected chi connectivity index (χ0v) is 14.1. The largest absolute Gasteiger partial charge is 0.502 e. The minimum atomic E-state index is -0.382. The SMILES string of the molecule is CCO[C@@H]1C[C@@H](N(C)Cc2cc(=O)c(O)co2)C12CCCCC2. The molecule has 0 unspecified atom stereocenters. The van der Waals surface area contributed by atoms with E-state index in [1.54, 1.807) is 0 Å². The molecule has 0 amide bonds. The third kappa shape index (κ3) is 3.04. The van der Waals surface area contributed by atoms with Gasteiger partial charge in [0, 0.05) is 24.1 Å². The van der Waals surface area contributed by atoms with E-state index in [2.05, 4.69) is 18.9 Å². The lowest BCUT2D eigenvalue weighted by Gasteiger charge is -2.60. The molecule has 23 heavy (non-hydrogen) atoms. The molecule has 3 rings (SSSR count). The number of nitrogens with zero attached hydrogens (tertiary/aromatic N) is 1. The van der Waals surface area contributed by atoms with Gasteiger partial charge in [0.25, 0.3) is 0 Å². The van der Waals surface area contributed by atoms with Gasteiger partial charge in [-0.05, 0) is 33.2 Å². The molecule has 1 heterocycles. The lowest BCUT2D eigenvalue weighted by molar-refractivity contribution is -0.180. The second-order valence-corrected chi connectivity index (χ2v) is 7.00. The Bertz CT molecular complexity index is 591. The first kappa shape index (κ1) is 16.5. The predicted molar refractivity (Wildman–Crippen MR) is 87.4 cm³/mol. The maximum Gasteiger partial charge on any atom is 0.226 e. The van der Waals surface area contributed by atoms with E-state index in [-0.39, 0.29) is 16.6 Å². The molecule has 1 aromatic rings. The molecule has 1 N–H and O–H groups in total. The fourth-order valence-corrected chi connectivity index (χ4v) is 4.53. The van der Waals surface area contributed by atoms with Crippen molar-refractivity contribution in [3.63, 3.8) is 0 Å². The van der Waals surface area contributed by atoms with Crippen LogP contribution in [-0.2, 0) is 11.3 Å². The number of rotatable bonds is 5. The maximum atomic E-state index is 11.6. The summed E-state index contributed by atoms with van der Waals surface area (Å²) >= 11 is 0. The summed E-state index contributed by atoms with van der Waals surface area (Å²) in [4.78, 5) is 13.8. The molecule has 0 bridgehead atoms. The van der Waals surface area contributed by atoms with Gasteiger partial charge in [0.1, 0.15) is 12.0 Å². The first-order chi connectivity index (χ1) is 11.1. The van der Waals surface area contributed by atoms with Crippen LogP contribution in [0.4, 0.5) is 0 Å². The van der Waals surface area contributed by atoms with Crippen molar-refractivity contribution < 1.29 is 14.3 Å². The Morgan fingerprint density at radius 3 is 2.78 bits per heavy atom. The number of aromatic hydroxyl groups is 1. The van der Waals surface area contributed by atoms with Crippen LogP contribution in [0.15, 0.2) is 21.5 Å². The summed E-state index contributed by atoms with van der Waals surface area (Å²) in [5, 5.41) is 9.30. The molecule has 1 spiro atoms. The molecule has 128 valence electrons. The minimum Gasteiger partial charge on any atom is -0.502 e. The Hall–Kier alpha value is -1.33. The van der Waals surface area contributed by atoms with Crippen LogP contribution in [0.2, 0.25) is 0 Å². The highest BCUT2D eigenvalue weighted by Crippen LogP contribution is 2.55. The molecule has 1 aromatic heterocycles. The van der Waals surface area contributed by atoms with Crippen LogP contribution in [0.1, 0.15) is 51.2 Å². The van der Waals surface area contributed by atoms with Gasteiger partial charge in [0.2, 0.25) is 5.43 Å². The Labute approximate surface area is 137 Å². The van der Waals surface area contributed by atoms with Crippen LogP contribution in [-0.4, -0.2) is 35.8 Å². The Kier molecular flexibility index (Phi) is 4.78. The van der Waals surface area contributed by atoms with Crippen molar-refractivity contribution >= 4 is 0 Å². The monoisotopic (exact) mass is 321 g/mol. The van der Waals surface area contributed by atoms with E-state index in [9.17, 15) is 9.90 Å². The Morgan fingerprint density at radius 2 is 2.13 bits per heavy atom. The summed E-state index contributed by atoms with van der Waals surface area (Å²) in [7, 11) is 2.09. The highest BCUT2D eigenvalue weighted by atomic mass is 16.5. The molecule has 0 aliphatic heterocycles. The summed E-state index contributed by atoms with van der Waals surface area (Å²) in [6.07, 6.45) is 8.89. The molecule has 2 atom stereocenters. The van der Waals surface area contributed by atoms with Crippen molar-refractivity contribution in [2.45, 2.75) is 64.1 Å². The third-order valence-electron chi connectivity index (χ3n) is 5.70. The van der Waals surface area contributed by atoms with Gasteiger partial charge in [-0.1, -0.05) is 19.3 Å². The average Bonchev–Trinajstić information content (AvgIpc) is 2.55. The second kappa shape index (κ2) is 6.65. The molecule has 0 aromatic carbocycles. The van der Waals surface area contributed by atoms with Crippen molar-refractivity contribution in [2.24, 2.45) is 5.41 Å². The Balaban J connectivity index is 1.72. The molecule has 5 nitrogen and oxygen atoms in total. The number of hydrogen-bond acceptors (Lipinski definition) is 5. The summed E-state index contributed by atoms with van der Waals surface area (Å²) in [5.74, 6) is 0.265. The van der Waals surface area contributed by atoms with Gasteiger partial charge in [-0.2, -0.15) is 0 Å². The first-order valence-electron chi connectivity index (χ1n) is 8.69. The summed E-state index contributed by atoms with van der Waals surface area (Å²) in [5.41, 5.74) is -0.118. The molecule has 0 radical (unpaired) electrons. The van der Waals surface area contributed by atoms with Crippen molar-refractivity contribution in [3.8, 4) is 5.75 Å². The third-order valence-corrected chi connectivity index (χ3v) is 5.70. The smallest absolute Gasteiger partial charge is 0.226 e. The standard InChI is InChI=1S/C18H27NO4/c1-3-22-17-10-16(18(17)7-5-4-6-8-18)19(2)11-13-9-14(20)15(21)12-23-13/h9,12,16-17,21H,3-8,10-11H2,1-2H3/t16-,17-/m1/s1.